The largest absolute Gasteiger partial charge is 0.491 e. The van der Waals surface area contributed by atoms with Gasteiger partial charge in [0.1, 0.15) is 34.9 Å². The molecule has 174 valence electrons. The Kier molecular flexibility index (Phi) is 7.49. The van der Waals surface area contributed by atoms with Crippen LogP contribution in [0.1, 0.15) is 27.2 Å². The first-order valence-corrected chi connectivity index (χ1v) is 11.5. The van der Waals surface area contributed by atoms with Crippen LogP contribution in [0.3, 0.4) is 0 Å². The minimum absolute atomic E-state index is 0.0751. The smallest absolute Gasteiger partial charge is 0.342 e. The van der Waals surface area contributed by atoms with Crippen molar-refractivity contribution in [1.82, 2.24) is 9.97 Å². The van der Waals surface area contributed by atoms with E-state index in [2.05, 4.69) is 25.9 Å². The number of aromatic nitrogens is 2. The van der Waals surface area contributed by atoms with Gasteiger partial charge in [0.25, 0.3) is 0 Å². The van der Waals surface area contributed by atoms with E-state index >= 15 is 0 Å². The Morgan fingerprint density at radius 2 is 1.94 bits per heavy atom. The molecule has 0 saturated carbocycles. The van der Waals surface area contributed by atoms with Crippen LogP contribution < -0.4 is 10.5 Å². The monoisotopic (exact) mass is 523 g/mol. The number of nitrogens with zero attached hydrogens (tertiary/aromatic N) is 2. The fraction of sp³-hybridized carbons (Fsp3) is 0.192. The zero-order valence-electron chi connectivity index (χ0n) is 18.5. The second-order valence-electron chi connectivity index (χ2n) is 7.95. The van der Waals surface area contributed by atoms with Crippen molar-refractivity contribution >= 4 is 32.8 Å². The van der Waals surface area contributed by atoms with Gasteiger partial charge in [-0.2, -0.15) is 0 Å². The van der Waals surface area contributed by atoms with Gasteiger partial charge < -0.3 is 15.2 Å². The molecule has 4 aromatic rings. The molecule has 34 heavy (non-hydrogen) atoms. The lowest BCUT2D eigenvalue weighted by molar-refractivity contribution is 0.0470. The van der Waals surface area contributed by atoms with E-state index in [9.17, 15) is 9.18 Å². The number of nitrogens with two attached hydrogens (primary N) is 1. The minimum Gasteiger partial charge on any atom is -0.491 e. The molecule has 2 aromatic carbocycles. The van der Waals surface area contributed by atoms with E-state index in [0.717, 1.165) is 27.6 Å². The average Bonchev–Trinajstić information content (AvgIpc) is 2.80. The van der Waals surface area contributed by atoms with Gasteiger partial charge in [0.15, 0.2) is 0 Å². The number of halogens is 2. The lowest BCUT2D eigenvalue weighted by Crippen LogP contribution is -2.31. The van der Waals surface area contributed by atoms with Crippen molar-refractivity contribution < 1.29 is 18.7 Å². The van der Waals surface area contributed by atoms with Gasteiger partial charge in [-0.25, -0.2) is 14.2 Å². The van der Waals surface area contributed by atoms with Crippen molar-refractivity contribution in [3.8, 4) is 5.75 Å². The summed E-state index contributed by atoms with van der Waals surface area (Å²) in [6, 6.07) is 17.3. The lowest BCUT2D eigenvalue weighted by atomic mass is 10.1. The minimum atomic E-state index is -0.630. The van der Waals surface area contributed by atoms with Crippen molar-refractivity contribution in [2.24, 2.45) is 5.73 Å². The van der Waals surface area contributed by atoms with Gasteiger partial charge in [-0.15, -0.1) is 0 Å². The van der Waals surface area contributed by atoms with Crippen molar-refractivity contribution in [2.45, 2.75) is 26.0 Å². The maximum atomic E-state index is 14.0. The first kappa shape index (κ1) is 23.8. The number of hydrogen-bond acceptors (Lipinski definition) is 6. The van der Waals surface area contributed by atoms with Gasteiger partial charge in [0.2, 0.25) is 0 Å². The van der Waals surface area contributed by atoms with Crippen LogP contribution in [0.15, 0.2) is 71.5 Å². The molecule has 2 aromatic heterocycles. The highest BCUT2D eigenvalue weighted by atomic mass is 79.9. The number of rotatable bonds is 8. The highest BCUT2D eigenvalue weighted by Gasteiger charge is 2.21. The number of esters is 1. The van der Waals surface area contributed by atoms with Crippen molar-refractivity contribution in [3.05, 3.63) is 99.7 Å². The Morgan fingerprint density at radius 1 is 1.15 bits per heavy atom. The second-order valence-corrected chi connectivity index (χ2v) is 8.77. The third-order valence-electron chi connectivity index (χ3n) is 5.13. The predicted molar refractivity (Wildman–Crippen MR) is 131 cm³/mol. The molecule has 0 fully saturated rings. The summed E-state index contributed by atoms with van der Waals surface area (Å²) in [5.41, 5.74) is 9.59. The molecule has 0 amide bonds. The van der Waals surface area contributed by atoms with Crippen LogP contribution >= 0.6 is 15.9 Å². The number of ether oxygens (including phenoxy) is 2. The summed E-state index contributed by atoms with van der Waals surface area (Å²) in [5.74, 6) is -0.934. The molecule has 0 unspecified atom stereocenters. The third kappa shape index (κ3) is 5.95. The number of fused-ring (bicyclic) bond motifs is 1. The average molecular weight is 524 g/mol. The van der Waals surface area contributed by atoms with E-state index in [4.69, 9.17) is 15.2 Å². The SMILES string of the molecule is Cc1cc(Br)nc(C[C@@H](N)COc2ccc3ncc(F)cc3c2C(=O)OCc2ccccc2)c1. The number of aryl methyl sites for hydroxylation is 1. The van der Waals surface area contributed by atoms with Crippen LogP contribution in [-0.4, -0.2) is 28.6 Å². The van der Waals surface area contributed by atoms with Crippen LogP contribution in [0.4, 0.5) is 4.39 Å². The van der Waals surface area contributed by atoms with Gasteiger partial charge in [-0.3, -0.25) is 4.98 Å². The first-order valence-electron chi connectivity index (χ1n) is 10.7. The maximum absolute atomic E-state index is 14.0. The number of pyridine rings is 2. The number of carbonyl (C=O) groups is 1. The molecule has 1 atom stereocenters. The van der Waals surface area contributed by atoms with Gasteiger partial charge in [-0.05, 0) is 64.3 Å². The predicted octanol–water partition coefficient (Wildman–Crippen LogP) is 5.15. The zero-order chi connectivity index (χ0) is 24.1. The Morgan fingerprint density at radius 3 is 2.71 bits per heavy atom. The van der Waals surface area contributed by atoms with E-state index in [1.165, 1.54) is 6.07 Å². The Hall–Kier alpha value is -3.36. The van der Waals surface area contributed by atoms with E-state index in [-0.39, 0.29) is 30.6 Å². The summed E-state index contributed by atoms with van der Waals surface area (Å²) in [7, 11) is 0. The second kappa shape index (κ2) is 10.7. The van der Waals surface area contributed by atoms with Gasteiger partial charge in [0.05, 0.1) is 11.7 Å². The summed E-state index contributed by atoms with van der Waals surface area (Å²) in [6.45, 7) is 2.18. The summed E-state index contributed by atoms with van der Waals surface area (Å²) >= 11 is 3.39. The fourth-order valence-corrected chi connectivity index (χ4v) is 4.19. The van der Waals surface area contributed by atoms with E-state index in [1.54, 1.807) is 12.1 Å². The molecule has 0 aliphatic heterocycles. The fourth-order valence-electron chi connectivity index (χ4n) is 3.60. The molecule has 0 spiro atoms. The van der Waals surface area contributed by atoms with Crippen molar-refractivity contribution in [2.75, 3.05) is 6.61 Å². The van der Waals surface area contributed by atoms with Crippen LogP contribution in [0.25, 0.3) is 10.9 Å². The van der Waals surface area contributed by atoms with Gasteiger partial charge in [0, 0.05) is 23.5 Å². The molecule has 0 radical (unpaired) electrons. The molecule has 0 aliphatic carbocycles. The van der Waals surface area contributed by atoms with Gasteiger partial charge in [-0.1, -0.05) is 30.3 Å². The standard InChI is InChI=1S/C26H23BrFN3O3/c1-16-9-20(31-24(27)10-16)12-19(29)15-33-23-8-7-22-21(11-18(28)13-30-22)25(23)26(32)34-14-17-5-3-2-4-6-17/h2-11,13,19H,12,14-15,29H2,1H3/t19-/m1/s1. The summed E-state index contributed by atoms with van der Waals surface area (Å²) in [4.78, 5) is 21.6. The van der Waals surface area contributed by atoms with Crippen LogP contribution in [0.5, 0.6) is 5.75 Å². The molecule has 0 bridgehead atoms. The highest BCUT2D eigenvalue weighted by molar-refractivity contribution is 9.10. The first-order chi connectivity index (χ1) is 16.4. The third-order valence-corrected chi connectivity index (χ3v) is 5.53. The lowest BCUT2D eigenvalue weighted by Gasteiger charge is -2.17. The van der Waals surface area contributed by atoms with E-state index in [1.807, 2.05) is 49.4 Å². The Bertz CT molecular complexity index is 1300. The van der Waals surface area contributed by atoms with Crippen molar-refractivity contribution in [1.29, 1.82) is 0 Å². The Labute approximate surface area is 205 Å². The van der Waals surface area contributed by atoms with Crippen LogP contribution in [-0.2, 0) is 17.8 Å². The van der Waals surface area contributed by atoms with Crippen LogP contribution in [0, 0.1) is 12.7 Å². The summed E-state index contributed by atoms with van der Waals surface area (Å²) < 4.78 is 26.2. The highest BCUT2D eigenvalue weighted by Crippen LogP contribution is 2.29. The number of carbonyl (C=O) groups excluding carboxylic acids is 1. The quantitative estimate of drug-likeness (QED) is 0.254. The van der Waals surface area contributed by atoms with Crippen molar-refractivity contribution in [3.63, 3.8) is 0 Å². The summed E-state index contributed by atoms with van der Waals surface area (Å²) in [6.07, 6.45) is 1.59. The molecule has 4 rings (SSSR count). The number of hydrogen-bond donors (Lipinski definition) is 1. The molecule has 2 heterocycles. The van der Waals surface area contributed by atoms with Gasteiger partial charge >= 0.3 is 5.97 Å². The van der Waals surface area contributed by atoms with Crippen LogP contribution in [0.2, 0.25) is 0 Å². The molecular formula is C26H23BrFN3O3. The molecule has 2 N–H and O–H groups in total. The molecule has 0 saturated heterocycles. The summed E-state index contributed by atoms with van der Waals surface area (Å²) in [5, 5.41) is 0.313. The maximum Gasteiger partial charge on any atom is 0.342 e. The normalized spacial score (nSPS) is 11.9. The molecule has 0 aliphatic rings. The number of benzene rings is 2. The zero-order valence-corrected chi connectivity index (χ0v) is 20.1. The topological polar surface area (TPSA) is 87.3 Å². The Balaban J connectivity index is 1.55. The molecule has 8 heteroatoms. The van der Waals surface area contributed by atoms with E-state index in [0.29, 0.717) is 17.3 Å². The molecular weight excluding hydrogens is 501 g/mol. The molecule has 6 nitrogen and oxygen atoms in total. The van der Waals surface area contributed by atoms with E-state index < -0.39 is 11.8 Å².